The van der Waals surface area contributed by atoms with Gasteiger partial charge in [0.15, 0.2) is 5.65 Å². The van der Waals surface area contributed by atoms with Crippen molar-refractivity contribution in [2.45, 2.75) is 0 Å². The summed E-state index contributed by atoms with van der Waals surface area (Å²) in [5.41, 5.74) is 1.28. The van der Waals surface area contributed by atoms with Gasteiger partial charge in [0.05, 0.1) is 18.7 Å². The molecule has 0 N–H and O–H groups in total. The lowest BCUT2D eigenvalue weighted by molar-refractivity contribution is 0.408. The van der Waals surface area contributed by atoms with E-state index in [4.69, 9.17) is 4.74 Å². The molecule has 0 fully saturated rings. The van der Waals surface area contributed by atoms with E-state index in [-0.39, 0.29) is 5.82 Å². The number of benzene rings is 1. The fourth-order valence-corrected chi connectivity index (χ4v) is 1.78. The quantitative estimate of drug-likeness (QED) is 0.691. The maximum Gasteiger partial charge on any atom is 0.166 e. The second-order valence-corrected chi connectivity index (χ2v) is 3.67. The van der Waals surface area contributed by atoms with Crippen molar-refractivity contribution >= 4 is 11.0 Å². The van der Waals surface area contributed by atoms with Crippen LogP contribution < -0.4 is 4.74 Å². The van der Waals surface area contributed by atoms with Crippen molar-refractivity contribution in [2.24, 2.45) is 0 Å². The molecular weight excluding hydrogens is 235 g/mol. The number of halogens is 1. The fourth-order valence-electron chi connectivity index (χ4n) is 1.78. The van der Waals surface area contributed by atoms with Crippen molar-refractivity contribution in [1.82, 2.24) is 19.7 Å². The maximum atomic E-state index is 13.2. The molecule has 0 bridgehead atoms. The number of ether oxygens (including phenoxy) is 1. The van der Waals surface area contributed by atoms with E-state index < -0.39 is 0 Å². The van der Waals surface area contributed by atoms with Gasteiger partial charge >= 0.3 is 0 Å². The predicted molar refractivity (Wildman–Crippen MR) is 63.2 cm³/mol. The summed E-state index contributed by atoms with van der Waals surface area (Å²) in [6.45, 7) is 0. The van der Waals surface area contributed by atoms with Gasteiger partial charge in [-0.15, -0.1) is 0 Å². The van der Waals surface area contributed by atoms with Crippen LogP contribution in [0.25, 0.3) is 16.7 Å². The third-order valence-electron chi connectivity index (χ3n) is 2.60. The van der Waals surface area contributed by atoms with E-state index in [1.165, 1.54) is 25.6 Å². The molecule has 2 heterocycles. The SMILES string of the molecule is COc1cc(F)ccc1-n1ncc2cncnc21. The first-order valence-corrected chi connectivity index (χ1v) is 5.27. The summed E-state index contributed by atoms with van der Waals surface area (Å²) in [6, 6.07) is 4.26. The van der Waals surface area contributed by atoms with Crippen LogP contribution in [0.4, 0.5) is 4.39 Å². The molecule has 0 atom stereocenters. The van der Waals surface area contributed by atoms with Crippen molar-refractivity contribution in [3.05, 3.63) is 42.7 Å². The molecule has 5 nitrogen and oxygen atoms in total. The monoisotopic (exact) mass is 244 g/mol. The van der Waals surface area contributed by atoms with E-state index in [0.29, 0.717) is 17.1 Å². The van der Waals surface area contributed by atoms with Crippen molar-refractivity contribution < 1.29 is 9.13 Å². The highest BCUT2D eigenvalue weighted by Gasteiger charge is 2.11. The molecule has 3 aromatic rings. The number of nitrogens with zero attached hydrogens (tertiary/aromatic N) is 4. The summed E-state index contributed by atoms with van der Waals surface area (Å²) in [5, 5.41) is 5.02. The third kappa shape index (κ3) is 1.58. The van der Waals surface area contributed by atoms with Crippen molar-refractivity contribution in [3.63, 3.8) is 0 Å². The van der Waals surface area contributed by atoms with Gasteiger partial charge in [-0.05, 0) is 12.1 Å². The molecule has 6 heteroatoms. The molecule has 0 amide bonds. The minimum Gasteiger partial charge on any atom is -0.494 e. The van der Waals surface area contributed by atoms with E-state index in [1.54, 1.807) is 23.1 Å². The zero-order chi connectivity index (χ0) is 12.5. The summed E-state index contributed by atoms with van der Waals surface area (Å²) >= 11 is 0. The lowest BCUT2D eigenvalue weighted by Gasteiger charge is -2.08. The standard InChI is InChI=1S/C12H9FN4O/c1-18-11-4-9(13)2-3-10(11)17-12-8(6-16-17)5-14-7-15-12/h2-7H,1H3. The smallest absolute Gasteiger partial charge is 0.166 e. The highest BCUT2D eigenvalue weighted by Crippen LogP contribution is 2.25. The first kappa shape index (κ1) is 10.6. The topological polar surface area (TPSA) is 52.8 Å². The third-order valence-corrected chi connectivity index (χ3v) is 2.60. The number of fused-ring (bicyclic) bond motifs is 1. The van der Waals surface area contributed by atoms with Gasteiger partial charge in [-0.1, -0.05) is 0 Å². The lowest BCUT2D eigenvalue weighted by atomic mass is 10.3. The summed E-state index contributed by atoms with van der Waals surface area (Å²) in [5.74, 6) is 0.0419. The molecule has 18 heavy (non-hydrogen) atoms. The van der Waals surface area contributed by atoms with Crippen molar-refractivity contribution in [1.29, 1.82) is 0 Å². The van der Waals surface area contributed by atoms with Crippen LogP contribution in [-0.2, 0) is 0 Å². The van der Waals surface area contributed by atoms with Gasteiger partial charge in [0.2, 0.25) is 0 Å². The highest BCUT2D eigenvalue weighted by atomic mass is 19.1. The molecule has 1 aromatic carbocycles. The number of hydrogen-bond donors (Lipinski definition) is 0. The number of rotatable bonds is 2. The molecule has 0 unspecified atom stereocenters. The number of methoxy groups -OCH3 is 1. The average Bonchev–Trinajstić information content (AvgIpc) is 2.82. The van der Waals surface area contributed by atoms with Crippen molar-refractivity contribution in [3.8, 4) is 11.4 Å². The Kier molecular flexibility index (Phi) is 2.40. The van der Waals surface area contributed by atoms with Crippen LogP contribution >= 0.6 is 0 Å². The molecule has 3 rings (SSSR count). The molecule has 0 radical (unpaired) electrons. The second-order valence-electron chi connectivity index (χ2n) is 3.67. The molecule has 0 aliphatic carbocycles. The van der Waals surface area contributed by atoms with Gasteiger partial charge in [0.25, 0.3) is 0 Å². The summed E-state index contributed by atoms with van der Waals surface area (Å²) in [4.78, 5) is 8.08. The Balaban J connectivity index is 2.26. The van der Waals surface area contributed by atoms with E-state index in [1.807, 2.05) is 0 Å². The summed E-state index contributed by atoms with van der Waals surface area (Å²) < 4.78 is 19.9. The zero-order valence-electron chi connectivity index (χ0n) is 9.54. The van der Waals surface area contributed by atoms with Crippen LogP contribution in [0, 0.1) is 5.82 Å². The Hall–Kier alpha value is -2.50. The Morgan fingerprint density at radius 2 is 2.17 bits per heavy atom. The van der Waals surface area contributed by atoms with Gasteiger partial charge in [-0.2, -0.15) is 5.10 Å². The zero-order valence-corrected chi connectivity index (χ0v) is 9.54. The van der Waals surface area contributed by atoms with Crippen LogP contribution in [0.3, 0.4) is 0 Å². The average molecular weight is 244 g/mol. The highest BCUT2D eigenvalue weighted by molar-refractivity contribution is 5.75. The lowest BCUT2D eigenvalue weighted by Crippen LogP contribution is -2.01. The first-order valence-electron chi connectivity index (χ1n) is 5.27. The van der Waals surface area contributed by atoms with Crippen LogP contribution in [0.5, 0.6) is 5.75 Å². The van der Waals surface area contributed by atoms with Crippen LogP contribution in [-0.4, -0.2) is 26.9 Å². The number of hydrogen-bond acceptors (Lipinski definition) is 4. The summed E-state index contributed by atoms with van der Waals surface area (Å²) in [7, 11) is 1.49. The second kappa shape index (κ2) is 4.06. The Morgan fingerprint density at radius 3 is 3.00 bits per heavy atom. The minimum absolute atomic E-state index is 0.360. The molecule has 0 spiro atoms. The van der Waals surface area contributed by atoms with Gasteiger partial charge in [0, 0.05) is 12.3 Å². The van der Waals surface area contributed by atoms with E-state index in [0.717, 1.165) is 5.39 Å². The largest absolute Gasteiger partial charge is 0.494 e. The van der Waals surface area contributed by atoms with Crippen LogP contribution in [0.2, 0.25) is 0 Å². The first-order chi connectivity index (χ1) is 8.79. The fraction of sp³-hybridized carbons (Fsp3) is 0.0833. The predicted octanol–water partition coefficient (Wildman–Crippen LogP) is 1.96. The van der Waals surface area contributed by atoms with Crippen LogP contribution in [0.1, 0.15) is 0 Å². The van der Waals surface area contributed by atoms with Crippen molar-refractivity contribution in [2.75, 3.05) is 7.11 Å². The van der Waals surface area contributed by atoms with Gasteiger partial charge in [-0.3, -0.25) is 0 Å². The molecule has 0 saturated carbocycles. The van der Waals surface area contributed by atoms with Gasteiger partial charge in [0.1, 0.15) is 23.6 Å². The van der Waals surface area contributed by atoms with E-state index in [9.17, 15) is 4.39 Å². The molecule has 2 aromatic heterocycles. The number of aromatic nitrogens is 4. The van der Waals surface area contributed by atoms with Crippen LogP contribution in [0.15, 0.2) is 36.9 Å². The van der Waals surface area contributed by atoms with E-state index in [2.05, 4.69) is 15.1 Å². The molecule has 90 valence electrons. The molecule has 0 saturated heterocycles. The normalized spacial score (nSPS) is 10.8. The molecule has 0 aliphatic rings. The minimum atomic E-state index is -0.360. The maximum absolute atomic E-state index is 13.2. The Labute approximate surface area is 102 Å². The molecule has 0 aliphatic heterocycles. The van der Waals surface area contributed by atoms with Gasteiger partial charge in [-0.25, -0.2) is 19.0 Å². The Morgan fingerprint density at radius 1 is 1.28 bits per heavy atom. The molecular formula is C12H9FN4O. The Bertz CT molecular complexity index is 710. The van der Waals surface area contributed by atoms with Gasteiger partial charge < -0.3 is 4.74 Å². The van der Waals surface area contributed by atoms with E-state index >= 15 is 0 Å². The summed E-state index contributed by atoms with van der Waals surface area (Å²) in [6.07, 6.45) is 4.76.